The van der Waals surface area contributed by atoms with Crippen molar-refractivity contribution in [3.63, 3.8) is 0 Å². The number of benzene rings is 1. The smallest absolute Gasteiger partial charge is 0.261 e. The van der Waals surface area contributed by atoms with E-state index in [1.807, 2.05) is 37.3 Å². The quantitative estimate of drug-likeness (QED) is 0.885. The fourth-order valence-electron chi connectivity index (χ4n) is 3.66. The second-order valence-corrected chi connectivity index (χ2v) is 6.54. The topological polar surface area (TPSA) is 75.0 Å². The summed E-state index contributed by atoms with van der Waals surface area (Å²) in [5, 5.41) is 7.26. The van der Waals surface area contributed by atoms with Gasteiger partial charge in [0.1, 0.15) is 0 Å². The number of carbonyl (C=O) groups is 1. The number of aromatic nitrogens is 2. The van der Waals surface area contributed by atoms with Gasteiger partial charge in [0.2, 0.25) is 0 Å². The molecule has 3 N–H and O–H groups in total. The van der Waals surface area contributed by atoms with Crippen LogP contribution in [0.2, 0.25) is 0 Å². The highest BCUT2D eigenvalue weighted by Crippen LogP contribution is 2.36. The van der Waals surface area contributed by atoms with Gasteiger partial charge in [-0.3, -0.25) is 9.89 Å². The van der Waals surface area contributed by atoms with Crippen LogP contribution in [0.25, 0.3) is 0 Å². The minimum Gasteiger partial charge on any atom is -0.330 e. The molecule has 24 heavy (non-hydrogen) atoms. The third-order valence-corrected chi connectivity index (χ3v) is 5.12. The zero-order valence-corrected chi connectivity index (χ0v) is 14.2. The maximum absolute atomic E-state index is 13.1. The summed E-state index contributed by atoms with van der Waals surface area (Å²) in [6.45, 7) is 3.39. The number of carbonyl (C=O) groups excluding carboxylic acids is 1. The van der Waals surface area contributed by atoms with Crippen LogP contribution in [0.15, 0.2) is 36.5 Å². The van der Waals surface area contributed by atoms with Crippen molar-refractivity contribution in [2.24, 2.45) is 11.7 Å². The van der Waals surface area contributed by atoms with Crippen LogP contribution in [-0.2, 0) is 0 Å². The number of amides is 1. The van der Waals surface area contributed by atoms with Gasteiger partial charge in [0, 0.05) is 18.2 Å². The number of nitrogens with one attached hydrogen (secondary N) is 1. The first-order chi connectivity index (χ1) is 11.7. The van der Waals surface area contributed by atoms with Crippen LogP contribution >= 0.6 is 0 Å². The first-order valence-corrected chi connectivity index (χ1v) is 8.84. The fourth-order valence-corrected chi connectivity index (χ4v) is 3.66. The highest BCUT2D eigenvalue weighted by molar-refractivity contribution is 6.06. The average Bonchev–Trinajstić information content (AvgIpc) is 3.13. The Morgan fingerprint density at radius 3 is 2.58 bits per heavy atom. The first-order valence-electron chi connectivity index (χ1n) is 8.84. The summed E-state index contributed by atoms with van der Waals surface area (Å²) in [5.41, 5.74) is 8.40. The van der Waals surface area contributed by atoms with Crippen molar-refractivity contribution in [1.82, 2.24) is 10.2 Å². The van der Waals surface area contributed by atoms with E-state index in [0.29, 0.717) is 23.9 Å². The Bertz CT molecular complexity index is 659. The molecule has 1 amide bonds. The van der Waals surface area contributed by atoms with Gasteiger partial charge in [0.15, 0.2) is 0 Å². The van der Waals surface area contributed by atoms with E-state index in [9.17, 15) is 4.79 Å². The maximum atomic E-state index is 13.1. The van der Waals surface area contributed by atoms with Crippen molar-refractivity contribution >= 4 is 11.6 Å². The summed E-state index contributed by atoms with van der Waals surface area (Å²) in [6, 6.07) is 9.80. The van der Waals surface area contributed by atoms with E-state index < -0.39 is 0 Å². The Morgan fingerprint density at radius 1 is 1.25 bits per heavy atom. The fraction of sp³-hybridized carbons (Fsp3) is 0.474. The lowest BCUT2D eigenvalue weighted by atomic mass is 9.79. The molecule has 1 aliphatic carbocycles. The maximum Gasteiger partial charge on any atom is 0.261 e. The minimum absolute atomic E-state index is 0.0217. The van der Waals surface area contributed by atoms with Gasteiger partial charge in [-0.2, -0.15) is 5.10 Å². The van der Waals surface area contributed by atoms with Crippen molar-refractivity contribution in [2.45, 2.75) is 38.5 Å². The molecule has 0 bridgehead atoms. The normalized spacial score (nSPS) is 20.8. The SMILES string of the molecule is CCN(C(=O)c1cn[nH]c1C1CCC(CN)CC1)c1ccccc1. The van der Waals surface area contributed by atoms with Crippen molar-refractivity contribution in [1.29, 1.82) is 0 Å². The van der Waals surface area contributed by atoms with Gasteiger partial charge in [0.05, 0.1) is 17.5 Å². The molecule has 1 heterocycles. The third-order valence-electron chi connectivity index (χ3n) is 5.12. The number of para-hydroxylation sites is 1. The lowest BCUT2D eigenvalue weighted by Crippen LogP contribution is -2.31. The molecule has 3 rings (SSSR count). The molecule has 0 atom stereocenters. The number of hydrogen-bond donors (Lipinski definition) is 2. The van der Waals surface area contributed by atoms with E-state index in [2.05, 4.69) is 10.2 Å². The van der Waals surface area contributed by atoms with Gasteiger partial charge in [-0.25, -0.2) is 0 Å². The summed E-state index contributed by atoms with van der Waals surface area (Å²) < 4.78 is 0. The second-order valence-electron chi connectivity index (χ2n) is 6.54. The summed E-state index contributed by atoms with van der Waals surface area (Å²) in [7, 11) is 0. The van der Waals surface area contributed by atoms with E-state index in [0.717, 1.165) is 43.6 Å². The average molecular weight is 326 g/mol. The number of aromatic amines is 1. The van der Waals surface area contributed by atoms with Gasteiger partial charge in [-0.1, -0.05) is 18.2 Å². The molecule has 1 aromatic heterocycles. The van der Waals surface area contributed by atoms with Crippen LogP contribution in [0.3, 0.4) is 0 Å². The van der Waals surface area contributed by atoms with E-state index in [-0.39, 0.29) is 5.91 Å². The van der Waals surface area contributed by atoms with Crippen LogP contribution in [0.4, 0.5) is 5.69 Å². The van der Waals surface area contributed by atoms with Gasteiger partial charge in [-0.15, -0.1) is 0 Å². The van der Waals surface area contributed by atoms with E-state index in [4.69, 9.17) is 5.73 Å². The number of nitrogens with two attached hydrogens (primary N) is 1. The molecule has 1 fully saturated rings. The van der Waals surface area contributed by atoms with Gasteiger partial charge in [0.25, 0.3) is 5.91 Å². The lowest BCUT2D eigenvalue weighted by Gasteiger charge is -2.28. The van der Waals surface area contributed by atoms with Crippen LogP contribution in [0.5, 0.6) is 0 Å². The molecule has 0 spiro atoms. The molecule has 0 saturated heterocycles. The van der Waals surface area contributed by atoms with Crippen LogP contribution in [0, 0.1) is 5.92 Å². The molecule has 1 aliphatic rings. The van der Waals surface area contributed by atoms with E-state index >= 15 is 0 Å². The van der Waals surface area contributed by atoms with Crippen molar-refractivity contribution < 1.29 is 4.79 Å². The number of rotatable bonds is 5. The third kappa shape index (κ3) is 3.36. The molecule has 128 valence electrons. The number of hydrogen-bond acceptors (Lipinski definition) is 3. The van der Waals surface area contributed by atoms with Crippen molar-refractivity contribution in [3.8, 4) is 0 Å². The molecule has 5 heteroatoms. The van der Waals surface area contributed by atoms with E-state index in [1.54, 1.807) is 11.1 Å². The molecular weight excluding hydrogens is 300 g/mol. The molecule has 1 aromatic carbocycles. The van der Waals surface area contributed by atoms with Crippen LogP contribution < -0.4 is 10.6 Å². The minimum atomic E-state index is 0.0217. The summed E-state index contributed by atoms with van der Waals surface area (Å²) >= 11 is 0. The molecule has 1 saturated carbocycles. The van der Waals surface area contributed by atoms with Crippen molar-refractivity contribution in [3.05, 3.63) is 47.8 Å². The molecule has 0 unspecified atom stereocenters. The summed E-state index contributed by atoms with van der Waals surface area (Å²) in [4.78, 5) is 14.9. The second kappa shape index (κ2) is 7.62. The Hall–Kier alpha value is -2.14. The zero-order valence-electron chi connectivity index (χ0n) is 14.2. The summed E-state index contributed by atoms with van der Waals surface area (Å²) in [5.74, 6) is 1.02. The van der Waals surface area contributed by atoms with Gasteiger partial charge < -0.3 is 10.6 Å². The van der Waals surface area contributed by atoms with Crippen molar-refractivity contribution in [2.75, 3.05) is 18.0 Å². The number of H-pyrrole nitrogens is 1. The Morgan fingerprint density at radius 2 is 1.96 bits per heavy atom. The lowest BCUT2D eigenvalue weighted by molar-refractivity contribution is 0.0986. The zero-order chi connectivity index (χ0) is 16.9. The number of anilines is 1. The predicted molar refractivity (Wildman–Crippen MR) is 96.1 cm³/mol. The first kappa shape index (κ1) is 16.7. The molecule has 2 aromatic rings. The largest absolute Gasteiger partial charge is 0.330 e. The monoisotopic (exact) mass is 326 g/mol. The Balaban J connectivity index is 1.80. The highest BCUT2D eigenvalue weighted by atomic mass is 16.2. The standard InChI is InChI=1S/C19H26N4O/c1-2-23(16-6-4-3-5-7-16)19(24)17-13-21-22-18(17)15-10-8-14(12-20)9-11-15/h3-7,13-15H,2,8-12,20H2,1H3,(H,21,22). The Kier molecular flexibility index (Phi) is 5.30. The van der Waals surface area contributed by atoms with E-state index in [1.165, 1.54) is 0 Å². The van der Waals surface area contributed by atoms with Crippen LogP contribution in [0.1, 0.15) is 54.6 Å². The summed E-state index contributed by atoms with van der Waals surface area (Å²) in [6.07, 6.45) is 6.08. The molecule has 5 nitrogen and oxygen atoms in total. The molecular formula is C19H26N4O. The highest BCUT2D eigenvalue weighted by Gasteiger charge is 2.28. The van der Waals surface area contributed by atoms with Gasteiger partial charge >= 0.3 is 0 Å². The van der Waals surface area contributed by atoms with Gasteiger partial charge in [-0.05, 0) is 57.2 Å². The molecule has 0 aliphatic heterocycles. The Labute approximate surface area is 143 Å². The molecule has 0 radical (unpaired) electrons. The predicted octanol–water partition coefficient (Wildman–Crippen LogP) is 3.31. The van der Waals surface area contributed by atoms with Crippen LogP contribution in [-0.4, -0.2) is 29.2 Å². The number of nitrogens with zero attached hydrogens (tertiary/aromatic N) is 2.